The summed E-state index contributed by atoms with van der Waals surface area (Å²) in [6, 6.07) is 0.222. The second kappa shape index (κ2) is 5.06. The highest BCUT2D eigenvalue weighted by molar-refractivity contribution is 5.36. The molecule has 1 atom stereocenters. The van der Waals surface area contributed by atoms with Gasteiger partial charge in [-0.2, -0.15) is 9.37 Å². The summed E-state index contributed by atoms with van der Waals surface area (Å²) in [6.45, 7) is -0.730. The Morgan fingerprint density at radius 2 is 1.88 bits per heavy atom. The molecule has 0 radical (unpaired) electrons. The maximum atomic E-state index is 12.9. The predicted octanol–water partition coefficient (Wildman–Crippen LogP) is 1.54. The van der Waals surface area contributed by atoms with Crippen molar-refractivity contribution in [3.05, 3.63) is 23.6 Å². The molecule has 1 heterocycles. The minimum atomic E-state index is -3.03. The molecule has 0 aromatic carbocycles. The van der Waals surface area contributed by atoms with Crippen LogP contribution >= 0.6 is 0 Å². The van der Waals surface area contributed by atoms with Crippen molar-refractivity contribution >= 4 is 5.82 Å². The van der Waals surface area contributed by atoms with E-state index in [1.165, 1.54) is 0 Å². The van der Waals surface area contributed by atoms with Gasteiger partial charge in [0.2, 0.25) is 0 Å². The molecule has 1 unspecified atom stereocenters. The van der Waals surface area contributed by atoms with Gasteiger partial charge in [0.1, 0.15) is 6.10 Å². The number of pyridine rings is 1. The van der Waals surface area contributed by atoms with Crippen LogP contribution in [0.15, 0.2) is 6.07 Å². The molecule has 1 aromatic heterocycles. The Morgan fingerprint density at radius 1 is 1.25 bits per heavy atom. The third-order valence-electron chi connectivity index (χ3n) is 1.66. The van der Waals surface area contributed by atoms with Crippen molar-refractivity contribution in [3.63, 3.8) is 0 Å². The molecule has 1 aromatic rings. The van der Waals surface area contributed by atoms with Gasteiger partial charge in [-0.15, -0.1) is 0 Å². The molecule has 2 N–H and O–H groups in total. The first-order valence-corrected chi connectivity index (χ1v) is 4.13. The predicted molar refractivity (Wildman–Crippen MR) is 44.6 cm³/mol. The van der Waals surface area contributed by atoms with E-state index in [1.807, 2.05) is 5.32 Å². The van der Waals surface area contributed by atoms with E-state index < -0.39 is 42.5 Å². The van der Waals surface area contributed by atoms with Gasteiger partial charge in [0, 0.05) is 12.6 Å². The number of rotatable bonds is 4. The molecule has 0 bridgehead atoms. The summed E-state index contributed by atoms with van der Waals surface area (Å²) in [7, 11) is 0. The first kappa shape index (κ1) is 12.6. The molecule has 0 aliphatic heterocycles. The lowest BCUT2D eigenvalue weighted by molar-refractivity contribution is 0.00376. The molecule has 0 aliphatic carbocycles. The van der Waals surface area contributed by atoms with Crippen molar-refractivity contribution in [1.29, 1.82) is 0 Å². The maximum absolute atomic E-state index is 12.9. The number of nitrogens with one attached hydrogen (secondary N) is 1. The van der Waals surface area contributed by atoms with Crippen LogP contribution in [0.5, 0.6) is 0 Å². The van der Waals surface area contributed by atoms with Crippen LogP contribution < -0.4 is 5.32 Å². The number of hydrogen-bond donors (Lipinski definition) is 2. The number of halogens is 5. The monoisotopic (exact) mass is 242 g/mol. The minimum Gasteiger partial charge on any atom is -0.385 e. The number of hydrogen-bond acceptors (Lipinski definition) is 3. The van der Waals surface area contributed by atoms with E-state index >= 15 is 0 Å². The number of nitrogens with zero attached hydrogens (tertiary/aromatic N) is 1. The number of aliphatic hydroxyl groups is 1. The van der Waals surface area contributed by atoms with Crippen molar-refractivity contribution in [2.75, 3.05) is 11.9 Å². The number of alkyl halides is 2. The second-order valence-electron chi connectivity index (χ2n) is 2.87. The summed E-state index contributed by atoms with van der Waals surface area (Å²) in [4.78, 5) is 2.82. The van der Waals surface area contributed by atoms with E-state index in [-0.39, 0.29) is 6.07 Å². The summed E-state index contributed by atoms with van der Waals surface area (Å²) < 4.78 is 61.5. The first-order valence-electron chi connectivity index (χ1n) is 4.13. The van der Waals surface area contributed by atoms with Gasteiger partial charge in [0.25, 0.3) is 12.4 Å². The molecule has 0 saturated carbocycles. The summed E-state index contributed by atoms with van der Waals surface area (Å²) in [6.07, 6.45) is -5.07. The third kappa shape index (κ3) is 3.02. The Balaban J connectivity index is 2.71. The highest BCUT2D eigenvalue weighted by Gasteiger charge is 2.18. The lowest BCUT2D eigenvalue weighted by atomic mass is 10.3. The molecular weight excluding hydrogens is 235 g/mol. The van der Waals surface area contributed by atoms with Crippen LogP contribution in [-0.2, 0) is 0 Å². The fourth-order valence-electron chi connectivity index (χ4n) is 0.858. The van der Waals surface area contributed by atoms with E-state index in [2.05, 4.69) is 4.98 Å². The smallest absolute Gasteiger partial charge is 0.265 e. The van der Waals surface area contributed by atoms with E-state index in [9.17, 15) is 22.0 Å². The van der Waals surface area contributed by atoms with Gasteiger partial charge in [0.15, 0.2) is 17.5 Å². The van der Waals surface area contributed by atoms with Gasteiger partial charge in [-0.3, -0.25) is 0 Å². The molecular formula is C8H7F5N2O. The zero-order valence-corrected chi connectivity index (χ0v) is 7.72. The molecule has 0 saturated heterocycles. The third-order valence-corrected chi connectivity index (χ3v) is 1.66. The van der Waals surface area contributed by atoms with Gasteiger partial charge in [0.05, 0.1) is 0 Å². The SMILES string of the molecule is OC(CNc1nc(F)c(F)cc1F)C(F)F. The van der Waals surface area contributed by atoms with Crippen LogP contribution in [0.4, 0.5) is 27.8 Å². The quantitative estimate of drug-likeness (QED) is 0.621. The topological polar surface area (TPSA) is 45.1 Å². The molecule has 16 heavy (non-hydrogen) atoms. The van der Waals surface area contributed by atoms with Crippen molar-refractivity contribution in [2.45, 2.75) is 12.5 Å². The fourth-order valence-corrected chi connectivity index (χ4v) is 0.858. The molecule has 0 fully saturated rings. The van der Waals surface area contributed by atoms with E-state index in [4.69, 9.17) is 5.11 Å². The largest absolute Gasteiger partial charge is 0.385 e. The zero-order chi connectivity index (χ0) is 12.3. The van der Waals surface area contributed by atoms with E-state index in [0.717, 1.165) is 0 Å². The normalized spacial score (nSPS) is 12.9. The van der Waals surface area contributed by atoms with Crippen LogP contribution in [-0.4, -0.2) is 29.2 Å². The molecule has 0 spiro atoms. The summed E-state index contributed by atoms with van der Waals surface area (Å²) in [5.41, 5.74) is 0. The molecule has 3 nitrogen and oxygen atoms in total. The van der Waals surface area contributed by atoms with Crippen LogP contribution in [0.2, 0.25) is 0 Å². The Bertz CT molecular complexity index is 374. The molecule has 1 rings (SSSR count). The standard InChI is InChI=1S/C8H7F5N2O/c9-3-1-4(10)8(15-7(3)13)14-2-5(16)6(11)12/h1,5-6,16H,2H2,(H,14,15). The average Bonchev–Trinajstić information content (AvgIpc) is 2.20. The second-order valence-corrected chi connectivity index (χ2v) is 2.87. The lowest BCUT2D eigenvalue weighted by Crippen LogP contribution is -2.27. The summed E-state index contributed by atoms with van der Waals surface area (Å²) >= 11 is 0. The zero-order valence-electron chi connectivity index (χ0n) is 7.72. The van der Waals surface area contributed by atoms with Gasteiger partial charge in [-0.1, -0.05) is 0 Å². The number of anilines is 1. The van der Waals surface area contributed by atoms with Crippen molar-refractivity contribution in [2.24, 2.45) is 0 Å². The molecule has 0 amide bonds. The van der Waals surface area contributed by atoms with Crippen molar-refractivity contribution in [3.8, 4) is 0 Å². The summed E-state index contributed by atoms with van der Waals surface area (Å²) in [5, 5.41) is 10.6. The maximum Gasteiger partial charge on any atom is 0.265 e. The van der Waals surface area contributed by atoms with Crippen molar-refractivity contribution < 1.29 is 27.1 Å². The average molecular weight is 242 g/mol. The van der Waals surface area contributed by atoms with Gasteiger partial charge >= 0.3 is 0 Å². The highest BCUT2D eigenvalue weighted by Crippen LogP contribution is 2.14. The van der Waals surface area contributed by atoms with Crippen LogP contribution in [0.1, 0.15) is 0 Å². The number of aliphatic hydroxyl groups excluding tert-OH is 1. The fraction of sp³-hybridized carbons (Fsp3) is 0.375. The number of aromatic nitrogens is 1. The minimum absolute atomic E-state index is 0.222. The lowest BCUT2D eigenvalue weighted by Gasteiger charge is -2.11. The van der Waals surface area contributed by atoms with Crippen LogP contribution in [0.3, 0.4) is 0 Å². The van der Waals surface area contributed by atoms with Crippen molar-refractivity contribution in [1.82, 2.24) is 4.98 Å². The van der Waals surface area contributed by atoms with Gasteiger partial charge in [-0.25, -0.2) is 17.6 Å². The highest BCUT2D eigenvalue weighted by atomic mass is 19.3. The molecule has 8 heteroatoms. The Hall–Kier alpha value is -1.44. The van der Waals surface area contributed by atoms with E-state index in [0.29, 0.717) is 0 Å². The summed E-state index contributed by atoms with van der Waals surface area (Å²) in [5.74, 6) is -5.02. The Kier molecular flexibility index (Phi) is 3.99. The van der Waals surface area contributed by atoms with Crippen LogP contribution in [0.25, 0.3) is 0 Å². The van der Waals surface area contributed by atoms with Crippen LogP contribution in [0, 0.1) is 17.6 Å². The van der Waals surface area contributed by atoms with E-state index in [1.54, 1.807) is 0 Å². The Morgan fingerprint density at radius 3 is 2.44 bits per heavy atom. The van der Waals surface area contributed by atoms with Gasteiger partial charge in [-0.05, 0) is 0 Å². The first-order chi connectivity index (χ1) is 7.41. The molecule has 0 aliphatic rings. The Labute approximate surface area is 86.9 Å². The van der Waals surface area contributed by atoms with Gasteiger partial charge < -0.3 is 10.4 Å². The molecule has 90 valence electrons.